The molecule has 6 heteroatoms. The van der Waals surface area contributed by atoms with Crippen LogP contribution in [0.5, 0.6) is 0 Å². The van der Waals surface area contributed by atoms with Crippen LogP contribution in [-0.2, 0) is 12.6 Å². The van der Waals surface area contributed by atoms with E-state index in [2.05, 4.69) is 23.9 Å². The molecule has 2 heterocycles. The van der Waals surface area contributed by atoms with Crippen LogP contribution in [0, 0.1) is 6.67 Å². The Hall–Kier alpha value is -2.50. The van der Waals surface area contributed by atoms with Crippen LogP contribution in [0.3, 0.4) is 0 Å². The molecule has 4 rings (SSSR count). The minimum Gasteiger partial charge on any atom is -0.323 e. The SMILES string of the molecule is FC(F)(F)c1ccc(N2[C]N3C(=N2)CC[C@@H]3Cc2ccccc2)cc1. The number of nitrogens with zero attached hydrogens (tertiary/aromatic N) is 3. The highest BCUT2D eigenvalue weighted by Gasteiger charge is 2.37. The van der Waals surface area contributed by atoms with Gasteiger partial charge in [0.1, 0.15) is 5.84 Å². The Balaban J connectivity index is 1.47. The lowest BCUT2D eigenvalue weighted by Crippen LogP contribution is -2.31. The maximum Gasteiger partial charge on any atom is 0.416 e. The van der Waals surface area contributed by atoms with E-state index < -0.39 is 11.7 Å². The molecule has 0 aromatic heterocycles. The Morgan fingerprint density at radius 2 is 1.76 bits per heavy atom. The number of halogens is 3. The van der Waals surface area contributed by atoms with Crippen molar-refractivity contribution < 1.29 is 13.2 Å². The van der Waals surface area contributed by atoms with E-state index >= 15 is 0 Å². The molecule has 3 nitrogen and oxygen atoms in total. The summed E-state index contributed by atoms with van der Waals surface area (Å²) >= 11 is 0. The minimum absolute atomic E-state index is 0.278. The number of hydrogen-bond acceptors (Lipinski definition) is 3. The molecule has 0 saturated carbocycles. The predicted molar refractivity (Wildman–Crippen MR) is 89.6 cm³/mol. The standard InChI is InChI=1S/C19H16F3N3/c20-19(21,22)15-6-8-16(9-7-15)25-13-24-17(10-11-18(24)23-25)12-14-4-2-1-3-5-14/h1-9,17H,10-12H2/t17-/m1/s1. The first-order valence-electron chi connectivity index (χ1n) is 8.15. The molecule has 0 bridgehead atoms. The van der Waals surface area contributed by atoms with Gasteiger partial charge in [-0.05, 0) is 42.7 Å². The fourth-order valence-electron chi connectivity index (χ4n) is 3.22. The van der Waals surface area contributed by atoms with Crippen molar-refractivity contribution in [1.82, 2.24) is 4.90 Å². The first-order valence-corrected chi connectivity index (χ1v) is 8.15. The highest BCUT2D eigenvalue weighted by Crippen LogP contribution is 2.34. The van der Waals surface area contributed by atoms with Crippen molar-refractivity contribution in [3.05, 3.63) is 72.4 Å². The third-order valence-corrected chi connectivity index (χ3v) is 4.52. The fourth-order valence-corrected chi connectivity index (χ4v) is 3.22. The van der Waals surface area contributed by atoms with E-state index in [1.165, 1.54) is 22.7 Å². The van der Waals surface area contributed by atoms with Crippen molar-refractivity contribution in [2.24, 2.45) is 5.10 Å². The molecule has 128 valence electrons. The molecule has 2 aliphatic heterocycles. The summed E-state index contributed by atoms with van der Waals surface area (Å²) in [6.07, 6.45) is -1.58. The van der Waals surface area contributed by atoms with Gasteiger partial charge in [-0.15, -0.1) is 0 Å². The van der Waals surface area contributed by atoms with Crippen molar-refractivity contribution in [2.45, 2.75) is 31.5 Å². The number of alkyl halides is 3. The highest BCUT2D eigenvalue weighted by atomic mass is 19.4. The quantitative estimate of drug-likeness (QED) is 0.815. The van der Waals surface area contributed by atoms with E-state index in [1.807, 2.05) is 23.1 Å². The molecule has 0 N–H and O–H groups in total. The second-order valence-corrected chi connectivity index (χ2v) is 6.22. The van der Waals surface area contributed by atoms with Gasteiger partial charge >= 0.3 is 6.18 Å². The zero-order chi connectivity index (χ0) is 17.4. The lowest BCUT2D eigenvalue weighted by molar-refractivity contribution is -0.137. The molecule has 2 aliphatic rings. The maximum absolute atomic E-state index is 12.7. The van der Waals surface area contributed by atoms with Crippen LogP contribution in [0.1, 0.15) is 24.0 Å². The Morgan fingerprint density at radius 3 is 2.44 bits per heavy atom. The molecule has 0 unspecified atom stereocenters. The van der Waals surface area contributed by atoms with Crippen LogP contribution in [-0.4, -0.2) is 16.8 Å². The Labute approximate surface area is 144 Å². The average Bonchev–Trinajstić information content (AvgIpc) is 3.17. The highest BCUT2D eigenvalue weighted by molar-refractivity contribution is 5.89. The molecule has 1 fully saturated rings. The lowest BCUT2D eigenvalue weighted by atomic mass is 10.0. The van der Waals surface area contributed by atoms with Gasteiger partial charge < -0.3 is 4.90 Å². The smallest absolute Gasteiger partial charge is 0.323 e. The van der Waals surface area contributed by atoms with Crippen LogP contribution in [0.4, 0.5) is 18.9 Å². The summed E-state index contributed by atoms with van der Waals surface area (Å²) in [6.45, 7) is 3.18. The van der Waals surface area contributed by atoms with E-state index in [0.717, 1.165) is 37.2 Å². The van der Waals surface area contributed by atoms with Crippen LogP contribution >= 0.6 is 0 Å². The number of hydrogen-bond donors (Lipinski definition) is 0. The van der Waals surface area contributed by atoms with Crippen molar-refractivity contribution in [3.8, 4) is 0 Å². The summed E-state index contributed by atoms with van der Waals surface area (Å²) in [5.74, 6) is 0.917. The second kappa shape index (κ2) is 6.10. The molecule has 2 aromatic carbocycles. The van der Waals surface area contributed by atoms with E-state index in [-0.39, 0.29) is 6.04 Å². The third kappa shape index (κ3) is 3.21. The van der Waals surface area contributed by atoms with Gasteiger partial charge in [-0.1, -0.05) is 30.3 Å². The molecule has 2 aromatic rings. The molecule has 1 atom stereocenters. The predicted octanol–water partition coefficient (Wildman–Crippen LogP) is 4.54. The van der Waals surface area contributed by atoms with Gasteiger partial charge in [0.2, 0.25) is 6.67 Å². The minimum atomic E-state index is -4.33. The maximum atomic E-state index is 12.7. The van der Waals surface area contributed by atoms with E-state index in [0.29, 0.717) is 5.69 Å². The summed E-state index contributed by atoms with van der Waals surface area (Å²) in [5.41, 5.74) is 1.17. The molecular weight excluding hydrogens is 327 g/mol. The number of amidine groups is 1. The number of hydrazone groups is 1. The van der Waals surface area contributed by atoms with E-state index in [1.54, 1.807) is 0 Å². The van der Waals surface area contributed by atoms with Crippen LogP contribution < -0.4 is 5.01 Å². The lowest BCUT2D eigenvalue weighted by Gasteiger charge is -2.23. The number of fused-ring (bicyclic) bond motifs is 1. The Bertz CT molecular complexity index is 769. The second-order valence-electron chi connectivity index (χ2n) is 6.22. The van der Waals surface area contributed by atoms with E-state index in [9.17, 15) is 13.2 Å². The van der Waals surface area contributed by atoms with Gasteiger partial charge in [0.15, 0.2) is 0 Å². The Kier molecular flexibility index (Phi) is 3.90. The molecule has 0 spiro atoms. The molecule has 0 aliphatic carbocycles. The monoisotopic (exact) mass is 343 g/mol. The van der Waals surface area contributed by atoms with Crippen LogP contribution in [0.15, 0.2) is 59.7 Å². The van der Waals surface area contributed by atoms with Crippen molar-refractivity contribution >= 4 is 11.5 Å². The number of benzene rings is 2. The topological polar surface area (TPSA) is 18.8 Å². The van der Waals surface area contributed by atoms with Gasteiger partial charge in [0.05, 0.1) is 11.3 Å². The third-order valence-electron chi connectivity index (χ3n) is 4.52. The number of rotatable bonds is 3. The zero-order valence-electron chi connectivity index (χ0n) is 13.4. The fraction of sp³-hybridized carbons (Fsp3) is 0.263. The molecule has 1 saturated heterocycles. The summed E-state index contributed by atoms with van der Waals surface area (Å²) in [6, 6.07) is 15.5. The molecule has 2 radical (unpaired) electrons. The normalized spacial score (nSPS) is 20.0. The number of anilines is 1. The zero-order valence-corrected chi connectivity index (χ0v) is 13.4. The van der Waals surface area contributed by atoms with Crippen LogP contribution in [0.2, 0.25) is 0 Å². The molecular formula is C19H16F3N3. The van der Waals surface area contributed by atoms with Gasteiger partial charge in [-0.3, -0.25) is 0 Å². The van der Waals surface area contributed by atoms with Gasteiger partial charge in [0, 0.05) is 12.5 Å². The summed E-state index contributed by atoms with van der Waals surface area (Å²) in [4.78, 5) is 2.02. The van der Waals surface area contributed by atoms with Crippen LogP contribution in [0.25, 0.3) is 0 Å². The summed E-state index contributed by atoms with van der Waals surface area (Å²) in [5, 5.41) is 6.02. The van der Waals surface area contributed by atoms with Gasteiger partial charge in [-0.25, -0.2) is 5.01 Å². The van der Waals surface area contributed by atoms with Gasteiger partial charge in [-0.2, -0.15) is 18.3 Å². The molecule has 25 heavy (non-hydrogen) atoms. The van der Waals surface area contributed by atoms with Gasteiger partial charge in [0.25, 0.3) is 0 Å². The summed E-state index contributed by atoms with van der Waals surface area (Å²) in [7, 11) is 0. The average molecular weight is 343 g/mol. The Morgan fingerprint density at radius 1 is 1.04 bits per heavy atom. The van der Waals surface area contributed by atoms with Crippen molar-refractivity contribution in [2.75, 3.05) is 5.01 Å². The summed E-state index contributed by atoms with van der Waals surface area (Å²) < 4.78 is 38.0. The molecule has 0 amide bonds. The van der Waals surface area contributed by atoms with Crippen molar-refractivity contribution in [1.29, 1.82) is 0 Å². The first kappa shape index (κ1) is 16.0. The van der Waals surface area contributed by atoms with Crippen molar-refractivity contribution in [3.63, 3.8) is 0 Å². The first-order chi connectivity index (χ1) is 12.0. The van der Waals surface area contributed by atoms with E-state index in [4.69, 9.17) is 0 Å². The largest absolute Gasteiger partial charge is 0.416 e.